The highest BCUT2D eigenvalue weighted by atomic mass is 79.9. The number of rotatable bonds is 4. The number of carbonyl (C=O) groups is 1. The molecule has 1 atom stereocenters. The van der Waals surface area contributed by atoms with Gasteiger partial charge in [0, 0.05) is 15.1 Å². The Bertz CT molecular complexity index is 1580. The van der Waals surface area contributed by atoms with Crippen LogP contribution in [0.15, 0.2) is 61.9 Å². The van der Waals surface area contributed by atoms with Crippen molar-refractivity contribution >= 4 is 62.5 Å². The van der Waals surface area contributed by atoms with Crippen molar-refractivity contribution < 1.29 is 27.8 Å². The van der Waals surface area contributed by atoms with Gasteiger partial charge in [0.1, 0.15) is 5.75 Å². The molecule has 0 saturated carbocycles. The summed E-state index contributed by atoms with van der Waals surface area (Å²) in [5.74, 6) is -1.57. The first kappa shape index (κ1) is 26.5. The first-order chi connectivity index (χ1) is 16.9. The number of fused-ring (bicyclic) bond motifs is 1. The number of phenolic OH excluding ortho intramolecular Hbond substituents is 1. The Morgan fingerprint density at radius 1 is 1.28 bits per heavy atom. The van der Waals surface area contributed by atoms with Gasteiger partial charge in [-0.05, 0) is 42.8 Å². The van der Waals surface area contributed by atoms with E-state index >= 15 is 0 Å². The molecule has 13 heteroatoms. The van der Waals surface area contributed by atoms with Gasteiger partial charge in [0.05, 0.1) is 27.8 Å². The predicted octanol–water partition coefficient (Wildman–Crippen LogP) is 5.12. The second kappa shape index (κ2) is 10.0. The molecule has 1 aliphatic heterocycles. The highest BCUT2D eigenvalue weighted by Gasteiger charge is 2.45. The summed E-state index contributed by atoms with van der Waals surface area (Å²) in [7, 11) is 0. The standard InChI is InChI=1S/C23H14BrCl2F3N2O4S/c1-2-35-21(34)16-17(10-3-5-13(25)6-4-10)31-20(33)15(36-22(31)30-19(16)23(27,28)29)8-11-7-12(24)9-14(26)18(11)32/h3-9,17,32H,2H2,1H3/b15-8-/t17-/m1/s1. The SMILES string of the molecule is CCOC(=O)C1=C(C(F)(F)F)N=c2s/c(=C\c3cc(Br)cc(Cl)c3O)c(=O)n2[C@@H]1c1ccc(Cl)cc1. The van der Waals surface area contributed by atoms with E-state index in [0.717, 1.165) is 4.57 Å². The van der Waals surface area contributed by atoms with Crippen molar-refractivity contribution in [3.05, 3.63) is 93.0 Å². The highest BCUT2D eigenvalue weighted by Crippen LogP contribution is 2.38. The van der Waals surface area contributed by atoms with Crippen LogP contribution in [0.25, 0.3) is 6.08 Å². The van der Waals surface area contributed by atoms with E-state index in [1.165, 1.54) is 49.4 Å². The number of ether oxygens (including phenoxy) is 1. The molecular weight excluding hydrogens is 608 g/mol. The molecule has 1 aromatic heterocycles. The van der Waals surface area contributed by atoms with E-state index in [1.807, 2.05) is 0 Å². The highest BCUT2D eigenvalue weighted by molar-refractivity contribution is 9.10. The van der Waals surface area contributed by atoms with Crippen molar-refractivity contribution in [3.8, 4) is 5.75 Å². The number of phenols is 1. The van der Waals surface area contributed by atoms with Crippen LogP contribution in [0.5, 0.6) is 5.75 Å². The molecule has 0 spiro atoms. The summed E-state index contributed by atoms with van der Waals surface area (Å²) >= 11 is 15.9. The van der Waals surface area contributed by atoms with Crippen LogP contribution in [0, 0.1) is 0 Å². The number of allylic oxidation sites excluding steroid dienone is 1. The van der Waals surface area contributed by atoms with E-state index < -0.39 is 35.0 Å². The maximum atomic E-state index is 14.1. The molecule has 0 aliphatic carbocycles. The Morgan fingerprint density at radius 2 is 1.94 bits per heavy atom. The van der Waals surface area contributed by atoms with Crippen LogP contribution in [-0.4, -0.2) is 28.4 Å². The molecule has 1 N–H and O–H groups in total. The lowest BCUT2D eigenvalue weighted by Gasteiger charge is -2.26. The van der Waals surface area contributed by atoms with Gasteiger partial charge in [-0.2, -0.15) is 13.2 Å². The lowest BCUT2D eigenvalue weighted by molar-refractivity contribution is -0.140. The molecule has 0 amide bonds. The number of esters is 1. The number of halogens is 6. The van der Waals surface area contributed by atoms with Gasteiger partial charge in [0.15, 0.2) is 10.5 Å². The first-order valence-corrected chi connectivity index (χ1v) is 12.5. The first-order valence-electron chi connectivity index (χ1n) is 10.2. The van der Waals surface area contributed by atoms with Gasteiger partial charge in [-0.1, -0.05) is 62.6 Å². The lowest BCUT2D eigenvalue weighted by Crippen LogP contribution is -2.41. The predicted molar refractivity (Wildman–Crippen MR) is 133 cm³/mol. The molecule has 0 unspecified atom stereocenters. The number of aromatic hydroxyl groups is 1. The minimum atomic E-state index is -5.02. The number of hydrogen-bond donors (Lipinski definition) is 1. The van der Waals surface area contributed by atoms with Gasteiger partial charge in [0.2, 0.25) is 0 Å². The third-order valence-corrected chi connectivity index (χ3v) is 7.11. The van der Waals surface area contributed by atoms with Crippen molar-refractivity contribution in [1.82, 2.24) is 4.57 Å². The number of aromatic nitrogens is 1. The van der Waals surface area contributed by atoms with Gasteiger partial charge < -0.3 is 9.84 Å². The monoisotopic (exact) mass is 620 g/mol. The zero-order valence-corrected chi connectivity index (χ0v) is 22.0. The topological polar surface area (TPSA) is 80.9 Å². The molecule has 6 nitrogen and oxygen atoms in total. The molecule has 0 saturated heterocycles. The summed E-state index contributed by atoms with van der Waals surface area (Å²) < 4.78 is 48.7. The zero-order valence-electron chi connectivity index (χ0n) is 18.1. The average Bonchev–Trinajstić information content (AvgIpc) is 3.11. The third kappa shape index (κ3) is 4.97. The van der Waals surface area contributed by atoms with Crippen molar-refractivity contribution in [1.29, 1.82) is 0 Å². The van der Waals surface area contributed by atoms with Crippen LogP contribution in [0.3, 0.4) is 0 Å². The Kier molecular flexibility index (Phi) is 7.38. The van der Waals surface area contributed by atoms with Gasteiger partial charge in [-0.15, -0.1) is 0 Å². The fraction of sp³-hybridized carbons (Fsp3) is 0.174. The number of alkyl halides is 3. The number of thiazole rings is 1. The summed E-state index contributed by atoms with van der Waals surface area (Å²) in [6.45, 7) is 1.27. The lowest BCUT2D eigenvalue weighted by atomic mass is 9.95. The van der Waals surface area contributed by atoms with Crippen molar-refractivity contribution in [2.75, 3.05) is 6.61 Å². The zero-order chi connectivity index (χ0) is 26.4. The molecule has 1 aliphatic rings. The molecule has 4 rings (SSSR count). The smallest absolute Gasteiger partial charge is 0.434 e. The molecule has 36 heavy (non-hydrogen) atoms. The third-order valence-electron chi connectivity index (χ3n) is 5.12. The Labute approximate surface area is 223 Å². The van der Waals surface area contributed by atoms with Crippen LogP contribution in [-0.2, 0) is 9.53 Å². The number of carbonyl (C=O) groups excluding carboxylic acids is 1. The molecule has 2 heterocycles. The van der Waals surface area contributed by atoms with Gasteiger partial charge in [0.25, 0.3) is 5.56 Å². The minimum Gasteiger partial charge on any atom is -0.506 e. The second-order valence-electron chi connectivity index (χ2n) is 7.44. The number of hydrogen-bond acceptors (Lipinski definition) is 6. The van der Waals surface area contributed by atoms with Gasteiger partial charge in [-0.3, -0.25) is 9.36 Å². The largest absolute Gasteiger partial charge is 0.506 e. The molecule has 188 valence electrons. The van der Waals surface area contributed by atoms with Crippen molar-refractivity contribution in [2.24, 2.45) is 4.99 Å². The summed E-state index contributed by atoms with van der Waals surface area (Å²) in [6.07, 6.45) is -3.73. The Balaban J connectivity index is 2.07. The van der Waals surface area contributed by atoms with Gasteiger partial charge >= 0.3 is 12.1 Å². The summed E-state index contributed by atoms with van der Waals surface area (Å²) in [6, 6.07) is 7.15. The van der Waals surface area contributed by atoms with E-state index in [9.17, 15) is 27.9 Å². The number of benzene rings is 2. The molecule has 3 aromatic rings. The quantitative estimate of drug-likeness (QED) is 0.411. The van der Waals surface area contributed by atoms with Crippen LogP contribution in [0.1, 0.15) is 24.1 Å². The van der Waals surface area contributed by atoms with E-state index in [4.69, 9.17) is 27.9 Å². The minimum absolute atomic E-state index is 0.00592. The van der Waals surface area contributed by atoms with Gasteiger partial charge in [-0.25, -0.2) is 9.79 Å². The maximum Gasteiger partial charge on any atom is 0.434 e. The summed E-state index contributed by atoms with van der Waals surface area (Å²) in [5.41, 5.74) is -2.65. The normalized spacial score (nSPS) is 16.1. The van der Waals surface area contributed by atoms with E-state index in [2.05, 4.69) is 20.9 Å². The van der Waals surface area contributed by atoms with Crippen LogP contribution in [0.2, 0.25) is 10.0 Å². The molecule has 2 aromatic carbocycles. The Morgan fingerprint density at radius 3 is 2.56 bits per heavy atom. The van der Waals surface area contributed by atoms with Crippen molar-refractivity contribution in [3.63, 3.8) is 0 Å². The fourth-order valence-corrected chi connectivity index (χ4v) is 5.59. The Hall–Kier alpha value is -2.60. The molecule has 0 radical (unpaired) electrons. The average molecular weight is 622 g/mol. The summed E-state index contributed by atoms with van der Waals surface area (Å²) in [5, 5.41) is 10.6. The molecular formula is C23H14BrCl2F3N2O4S. The maximum absolute atomic E-state index is 14.1. The second-order valence-corrected chi connectivity index (χ2v) is 10.2. The van der Waals surface area contributed by atoms with Crippen LogP contribution >= 0.6 is 50.5 Å². The fourth-order valence-electron chi connectivity index (χ4n) is 3.64. The van der Waals surface area contributed by atoms with E-state index in [0.29, 0.717) is 20.8 Å². The summed E-state index contributed by atoms with van der Waals surface area (Å²) in [4.78, 5) is 29.7. The van der Waals surface area contributed by atoms with E-state index in [1.54, 1.807) is 0 Å². The van der Waals surface area contributed by atoms with E-state index in [-0.39, 0.29) is 37.8 Å². The van der Waals surface area contributed by atoms with Crippen molar-refractivity contribution in [2.45, 2.75) is 19.1 Å². The molecule has 0 fully saturated rings. The van der Waals surface area contributed by atoms with Crippen LogP contribution < -0.4 is 14.9 Å². The number of nitrogens with zero attached hydrogens (tertiary/aromatic N) is 2. The van der Waals surface area contributed by atoms with Crippen LogP contribution in [0.4, 0.5) is 13.2 Å². The molecule has 0 bridgehead atoms.